The summed E-state index contributed by atoms with van der Waals surface area (Å²) in [5.41, 5.74) is 1.85. The number of carbonyl (C=O) groups is 1. The Bertz CT molecular complexity index is 879. The van der Waals surface area contributed by atoms with Crippen molar-refractivity contribution >= 4 is 38.4 Å². The fourth-order valence-corrected chi connectivity index (χ4v) is 3.09. The minimum Gasteiger partial charge on any atom is -0.494 e. The van der Waals surface area contributed by atoms with Crippen molar-refractivity contribution in [1.29, 1.82) is 0 Å². The summed E-state index contributed by atoms with van der Waals surface area (Å²) in [7, 11) is 1.57. The molecule has 0 bridgehead atoms. The van der Waals surface area contributed by atoms with Crippen molar-refractivity contribution in [3.63, 3.8) is 0 Å². The van der Waals surface area contributed by atoms with Crippen LogP contribution < -0.4 is 15.4 Å². The summed E-state index contributed by atoms with van der Waals surface area (Å²) < 4.78 is 19.7. The van der Waals surface area contributed by atoms with E-state index in [-0.39, 0.29) is 5.69 Å². The van der Waals surface area contributed by atoms with Gasteiger partial charge in [-0.25, -0.2) is 14.2 Å². The third-order valence-corrected chi connectivity index (χ3v) is 4.37. The van der Waals surface area contributed by atoms with Crippen molar-refractivity contribution < 1.29 is 13.9 Å². The average Bonchev–Trinajstić information content (AvgIpc) is 2.94. The maximum atomic E-state index is 13.5. The van der Waals surface area contributed by atoms with Crippen LogP contribution in [0.2, 0.25) is 0 Å². The fraction of sp³-hybridized carbons (Fsp3) is 0.125. The van der Waals surface area contributed by atoms with Crippen LogP contribution in [0.15, 0.2) is 36.4 Å². The molecule has 1 aromatic heterocycles. The number of methoxy groups -OCH3 is 1. The molecule has 7 heteroatoms. The molecule has 23 heavy (non-hydrogen) atoms. The van der Waals surface area contributed by atoms with Crippen LogP contribution in [0.4, 0.5) is 20.0 Å². The molecule has 3 rings (SSSR count). The fourth-order valence-electron chi connectivity index (χ4n) is 2.14. The number of para-hydroxylation sites is 1. The van der Waals surface area contributed by atoms with Crippen LogP contribution >= 0.6 is 11.3 Å². The monoisotopic (exact) mass is 331 g/mol. The van der Waals surface area contributed by atoms with E-state index in [0.717, 1.165) is 10.3 Å². The third-order valence-electron chi connectivity index (χ3n) is 3.27. The lowest BCUT2D eigenvalue weighted by Crippen LogP contribution is -2.19. The zero-order valence-corrected chi connectivity index (χ0v) is 13.3. The average molecular weight is 331 g/mol. The Balaban J connectivity index is 1.83. The van der Waals surface area contributed by atoms with Gasteiger partial charge in [0, 0.05) is 0 Å². The molecule has 0 unspecified atom stereocenters. The van der Waals surface area contributed by atoms with Crippen molar-refractivity contribution in [2.75, 3.05) is 17.7 Å². The molecule has 0 aliphatic rings. The lowest BCUT2D eigenvalue weighted by Gasteiger charge is -2.05. The minimum atomic E-state index is -0.550. The molecule has 1 heterocycles. The minimum absolute atomic E-state index is 0.111. The number of rotatable bonds is 3. The molecule has 3 aromatic rings. The molecule has 2 N–H and O–H groups in total. The topological polar surface area (TPSA) is 63.2 Å². The molecule has 2 aromatic carbocycles. The predicted molar refractivity (Wildman–Crippen MR) is 90.0 cm³/mol. The summed E-state index contributed by atoms with van der Waals surface area (Å²) in [6.45, 7) is 1.96. The molecular weight excluding hydrogens is 317 g/mol. The number of nitrogens with zero attached hydrogens (tertiary/aromatic N) is 1. The number of benzene rings is 2. The number of hydrogen-bond acceptors (Lipinski definition) is 4. The number of hydrogen-bond donors (Lipinski definition) is 2. The largest absolute Gasteiger partial charge is 0.494 e. The van der Waals surface area contributed by atoms with Crippen LogP contribution in [0.1, 0.15) is 5.56 Å². The van der Waals surface area contributed by atoms with Gasteiger partial charge in [0.2, 0.25) is 0 Å². The molecule has 2 amide bonds. The zero-order chi connectivity index (χ0) is 16.4. The number of aryl methyl sites for hydroxylation is 1. The second-order valence-corrected chi connectivity index (χ2v) is 5.84. The van der Waals surface area contributed by atoms with Crippen molar-refractivity contribution in [3.05, 3.63) is 47.8 Å². The van der Waals surface area contributed by atoms with Gasteiger partial charge < -0.3 is 10.1 Å². The van der Waals surface area contributed by atoms with Gasteiger partial charge >= 0.3 is 6.03 Å². The van der Waals surface area contributed by atoms with E-state index in [1.54, 1.807) is 19.2 Å². The maximum Gasteiger partial charge on any atom is 0.325 e. The van der Waals surface area contributed by atoms with E-state index in [9.17, 15) is 9.18 Å². The Kier molecular flexibility index (Phi) is 4.12. The number of urea groups is 1. The van der Waals surface area contributed by atoms with Gasteiger partial charge in [0.15, 0.2) is 5.13 Å². The van der Waals surface area contributed by atoms with Crippen molar-refractivity contribution in [3.8, 4) is 5.75 Å². The maximum absolute atomic E-state index is 13.5. The van der Waals surface area contributed by atoms with Crippen molar-refractivity contribution in [2.45, 2.75) is 6.92 Å². The molecular formula is C16H14FN3O2S. The first-order chi connectivity index (χ1) is 11.1. The van der Waals surface area contributed by atoms with Gasteiger partial charge in [-0.1, -0.05) is 29.5 Å². The number of thiazole rings is 1. The standard InChI is InChI=1S/C16H14FN3O2S/c1-9-7-8-12(22-2)13-14(9)23-16(19-13)20-15(21)18-11-6-4-3-5-10(11)17/h3-8H,1-2H3,(H2,18,19,20,21). The van der Waals surface area contributed by atoms with Crippen LogP contribution in [0.25, 0.3) is 10.2 Å². The van der Waals surface area contributed by atoms with Gasteiger partial charge in [-0.2, -0.15) is 0 Å². The molecule has 0 radical (unpaired) electrons. The second kappa shape index (κ2) is 6.21. The van der Waals surface area contributed by atoms with Crippen LogP contribution in [-0.2, 0) is 0 Å². The molecule has 0 aliphatic heterocycles. The van der Waals surface area contributed by atoms with Gasteiger partial charge in [-0.3, -0.25) is 5.32 Å². The van der Waals surface area contributed by atoms with Crippen LogP contribution in [0, 0.1) is 12.7 Å². The molecule has 0 fully saturated rings. The van der Waals surface area contributed by atoms with E-state index < -0.39 is 11.8 Å². The third kappa shape index (κ3) is 3.09. The van der Waals surface area contributed by atoms with E-state index in [1.807, 2.05) is 19.1 Å². The van der Waals surface area contributed by atoms with Gasteiger partial charge in [0.1, 0.15) is 17.1 Å². The molecule has 0 saturated heterocycles. The Labute approximate surface area is 136 Å². The quantitative estimate of drug-likeness (QED) is 0.748. The molecule has 118 valence electrons. The summed E-state index contributed by atoms with van der Waals surface area (Å²) in [6.07, 6.45) is 0. The van der Waals surface area contributed by atoms with Crippen molar-refractivity contribution in [1.82, 2.24) is 4.98 Å². The van der Waals surface area contributed by atoms with Gasteiger partial charge in [0.05, 0.1) is 17.5 Å². The number of fused-ring (bicyclic) bond motifs is 1. The first-order valence-electron chi connectivity index (χ1n) is 6.85. The van der Waals surface area contributed by atoms with Gasteiger partial charge in [-0.15, -0.1) is 0 Å². The first kappa shape index (κ1) is 15.2. The summed E-state index contributed by atoms with van der Waals surface area (Å²) in [5.74, 6) is 0.147. The molecule has 0 atom stereocenters. The summed E-state index contributed by atoms with van der Waals surface area (Å²) in [5, 5.41) is 5.50. The first-order valence-corrected chi connectivity index (χ1v) is 7.67. The molecule has 0 aliphatic carbocycles. The molecule has 0 spiro atoms. The summed E-state index contributed by atoms with van der Waals surface area (Å²) in [6, 6.07) is 9.18. The zero-order valence-electron chi connectivity index (χ0n) is 12.5. The van der Waals surface area contributed by atoms with Gasteiger partial charge in [0.25, 0.3) is 0 Å². The van der Waals surface area contributed by atoms with E-state index >= 15 is 0 Å². The number of carbonyl (C=O) groups excluding carboxylic acids is 1. The number of ether oxygens (including phenoxy) is 1. The van der Waals surface area contributed by atoms with E-state index in [4.69, 9.17) is 4.74 Å². The lowest BCUT2D eigenvalue weighted by molar-refractivity contribution is 0.262. The van der Waals surface area contributed by atoms with Crippen LogP contribution in [0.3, 0.4) is 0 Å². The molecule has 0 saturated carbocycles. The number of halogens is 1. The van der Waals surface area contributed by atoms with E-state index in [0.29, 0.717) is 16.4 Å². The number of amides is 2. The van der Waals surface area contributed by atoms with E-state index in [1.165, 1.54) is 23.5 Å². The summed E-state index contributed by atoms with van der Waals surface area (Å²) >= 11 is 1.34. The number of anilines is 2. The smallest absolute Gasteiger partial charge is 0.325 e. The second-order valence-electron chi connectivity index (χ2n) is 4.84. The highest BCUT2D eigenvalue weighted by atomic mass is 32.1. The highest BCUT2D eigenvalue weighted by molar-refractivity contribution is 7.22. The Hall–Kier alpha value is -2.67. The van der Waals surface area contributed by atoms with Crippen molar-refractivity contribution in [2.24, 2.45) is 0 Å². The highest BCUT2D eigenvalue weighted by Crippen LogP contribution is 2.34. The molecule has 5 nitrogen and oxygen atoms in total. The lowest BCUT2D eigenvalue weighted by atomic mass is 10.2. The summed E-state index contributed by atoms with van der Waals surface area (Å²) in [4.78, 5) is 16.4. The van der Waals surface area contributed by atoms with Crippen LogP contribution in [-0.4, -0.2) is 18.1 Å². The number of nitrogens with one attached hydrogen (secondary N) is 2. The highest BCUT2D eigenvalue weighted by Gasteiger charge is 2.13. The Morgan fingerprint density at radius 2 is 2.00 bits per heavy atom. The normalized spacial score (nSPS) is 10.6. The van der Waals surface area contributed by atoms with E-state index in [2.05, 4.69) is 15.6 Å². The number of aromatic nitrogens is 1. The SMILES string of the molecule is COc1ccc(C)c2sc(NC(=O)Nc3ccccc3F)nc12. The Morgan fingerprint density at radius 3 is 2.74 bits per heavy atom. The van der Waals surface area contributed by atoms with Gasteiger partial charge in [-0.05, 0) is 30.7 Å². The van der Waals surface area contributed by atoms with Crippen LogP contribution in [0.5, 0.6) is 5.75 Å². The Morgan fingerprint density at radius 1 is 1.22 bits per heavy atom. The predicted octanol–water partition coefficient (Wildman–Crippen LogP) is 4.40.